The summed E-state index contributed by atoms with van der Waals surface area (Å²) in [5.41, 5.74) is 0. The first-order chi connectivity index (χ1) is 27.0. The highest BCUT2D eigenvalue weighted by Crippen LogP contribution is 2.28. The summed E-state index contributed by atoms with van der Waals surface area (Å²) in [6.45, 7) is 9.34. The van der Waals surface area contributed by atoms with Crippen LogP contribution >= 0.6 is 0 Å². The van der Waals surface area contributed by atoms with Gasteiger partial charge in [-0.3, -0.25) is 43.2 Å². The van der Waals surface area contributed by atoms with E-state index in [9.17, 15) is 67.3 Å². The van der Waals surface area contributed by atoms with Crippen molar-refractivity contribution in [1.29, 1.82) is 0 Å². The van der Waals surface area contributed by atoms with Crippen LogP contribution in [0.5, 0.6) is 0 Å². The van der Waals surface area contributed by atoms with E-state index in [-0.39, 0.29) is 18.4 Å². The predicted molar refractivity (Wildman–Crippen MR) is 204 cm³/mol. The Kier molecular flexibility index (Phi) is 22.6. The third-order valence-corrected chi connectivity index (χ3v) is 9.61. The first kappa shape index (κ1) is 51.3. The van der Waals surface area contributed by atoms with Crippen molar-refractivity contribution >= 4 is 53.2 Å². The van der Waals surface area contributed by atoms with Crippen LogP contribution in [0.3, 0.4) is 0 Å². The normalized spacial score (nSPS) is 16.4. The van der Waals surface area contributed by atoms with Crippen LogP contribution in [-0.2, 0) is 43.2 Å². The maximum atomic E-state index is 13.8. The van der Waals surface area contributed by atoms with Gasteiger partial charge in [0.2, 0.25) is 36.0 Å². The molecule has 1 saturated carbocycles. The van der Waals surface area contributed by atoms with E-state index in [1.807, 2.05) is 0 Å². The minimum absolute atomic E-state index is 0.0538. The maximum Gasteiger partial charge on any atom is 0.305 e. The van der Waals surface area contributed by atoms with E-state index < -0.39 is 146 Å². The number of hydrogen-bond acceptors (Lipinski definition) is 10. The Balaban J connectivity index is 3.40. The van der Waals surface area contributed by atoms with E-state index in [1.165, 1.54) is 27.7 Å². The third kappa shape index (κ3) is 19.6. The first-order valence-corrected chi connectivity index (χ1v) is 19.8. The van der Waals surface area contributed by atoms with Crippen molar-refractivity contribution in [3.63, 3.8) is 0 Å². The van der Waals surface area contributed by atoms with E-state index in [2.05, 4.69) is 31.9 Å². The number of carbonyl (C=O) groups is 9. The predicted octanol–water partition coefficient (Wildman–Crippen LogP) is 1.49. The number of carbonyl (C=O) groups excluding carboxylic acids is 6. The van der Waals surface area contributed by atoms with Crippen LogP contribution in [0.2, 0.25) is 0 Å². The number of hydrogen-bond donors (Lipinski definition) is 9. The number of amides is 5. The number of alkyl halides is 2. The van der Waals surface area contributed by atoms with Crippen molar-refractivity contribution in [2.45, 2.75) is 167 Å². The summed E-state index contributed by atoms with van der Waals surface area (Å²) in [6, 6.07) is -9.15. The van der Waals surface area contributed by atoms with Crippen molar-refractivity contribution in [2.24, 2.45) is 17.8 Å². The number of ketones is 1. The molecule has 9 N–H and O–H groups in total. The van der Waals surface area contributed by atoms with Crippen LogP contribution in [0.15, 0.2) is 0 Å². The Hall–Kier alpha value is -4.75. The molecule has 1 aliphatic carbocycles. The molecule has 0 aromatic carbocycles. The zero-order valence-corrected chi connectivity index (χ0v) is 34.1. The number of nitrogens with one attached hydrogen (secondary N) is 6. The Morgan fingerprint density at radius 1 is 0.569 bits per heavy atom. The monoisotopic (exact) mass is 832 g/mol. The molecule has 18 nitrogen and oxygen atoms in total. The highest BCUT2D eigenvalue weighted by molar-refractivity contribution is 5.97. The molecular weight excluding hydrogens is 770 g/mol. The van der Waals surface area contributed by atoms with Gasteiger partial charge < -0.3 is 47.2 Å². The van der Waals surface area contributed by atoms with Crippen molar-refractivity contribution in [3.8, 4) is 0 Å². The van der Waals surface area contributed by atoms with Crippen molar-refractivity contribution in [3.05, 3.63) is 0 Å². The van der Waals surface area contributed by atoms with E-state index in [1.54, 1.807) is 13.8 Å². The summed E-state index contributed by atoms with van der Waals surface area (Å²) in [5.74, 6) is -10.9. The molecule has 0 aliphatic heterocycles. The molecule has 0 bridgehead atoms. The number of halogens is 2. The number of aliphatic carboxylic acids is 3. The molecule has 6 atom stereocenters. The molecule has 58 heavy (non-hydrogen) atoms. The van der Waals surface area contributed by atoms with Gasteiger partial charge in [0, 0.05) is 31.2 Å². The van der Waals surface area contributed by atoms with Gasteiger partial charge in [-0.1, -0.05) is 73.6 Å². The molecule has 1 unspecified atom stereocenters. The quantitative estimate of drug-likeness (QED) is 0.0568. The highest BCUT2D eigenvalue weighted by Gasteiger charge is 2.36. The van der Waals surface area contributed by atoms with E-state index in [0.29, 0.717) is 12.8 Å². The number of carboxylic acids is 3. The van der Waals surface area contributed by atoms with Crippen molar-refractivity contribution in [2.75, 3.05) is 0 Å². The zero-order valence-electron chi connectivity index (χ0n) is 34.1. The molecule has 0 aromatic rings. The zero-order chi connectivity index (χ0) is 44.3. The number of carboxylic acid groups (broad SMARTS) is 3. The number of Topliss-reactive ketones (excluding diaryl/α,β-unsaturated/α-hetero) is 1. The molecule has 1 aliphatic rings. The molecule has 5 amide bonds. The van der Waals surface area contributed by atoms with Gasteiger partial charge in [-0.25, -0.2) is 8.78 Å². The summed E-state index contributed by atoms with van der Waals surface area (Å²) in [4.78, 5) is 115. The Morgan fingerprint density at radius 3 is 1.47 bits per heavy atom. The molecule has 0 radical (unpaired) electrons. The average molecular weight is 833 g/mol. The number of rotatable bonds is 27. The summed E-state index contributed by atoms with van der Waals surface area (Å²) in [5, 5.41) is 42.9. The minimum atomic E-state index is -2.93. The Labute approximate surface area is 337 Å². The van der Waals surface area contributed by atoms with E-state index in [4.69, 9.17) is 0 Å². The lowest BCUT2D eigenvalue weighted by molar-refractivity contribution is -0.140. The average Bonchev–Trinajstić information content (AvgIpc) is 3.11. The van der Waals surface area contributed by atoms with E-state index >= 15 is 0 Å². The third-order valence-electron chi connectivity index (χ3n) is 9.61. The Morgan fingerprint density at radius 2 is 1.02 bits per heavy atom. The molecule has 0 aromatic heterocycles. The van der Waals surface area contributed by atoms with Gasteiger partial charge in [-0.15, -0.1) is 0 Å². The van der Waals surface area contributed by atoms with Crippen LogP contribution in [0, 0.1) is 17.8 Å². The Bertz CT molecular complexity index is 1440. The van der Waals surface area contributed by atoms with Gasteiger partial charge in [0.1, 0.15) is 24.2 Å². The minimum Gasteiger partial charge on any atom is -0.481 e. The molecule has 1 rings (SSSR count). The molecular formula is C38H62F2N6O12. The van der Waals surface area contributed by atoms with Gasteiger partial charge >= 0.3 is 17.9 Å². The summed E-state index contributed by atoms with van der Waals surface area (Å²) < 4.78 is 26.9. The second kappa shape index (κ2) is 25.6. The molecule has 0 saturated heterocycles. The molecule has 0 heterocycles. The fraction of sp³-hybridized carbons (Fsp3) is 0.763. The van der Waals surface area contributed by atoms with Crippen LogP contribution < -0.4 is 31.9 Å². The van der Waals surface area contributed by atoms with Crippen LogP contribution in [0.25, 0.3) is 0 Å². The summed E-state index contributed by atoms with van der Waals surface area (Å²) in [7, 11) is 0. The van der Waals surface area contributed by atoms with Gasteiger partial charge in [0.15, 0.2) is 5.78 Å². The first-order valence-electron chi connectivity index (χ1n) is 19.8. The molecule has 1 fully saturated rings. The lowest BCUT2D eigenvalue weighted by Gasteiger charge is -2.30. The molecule has 20 heteroatoms. The standard InChI is InChI=1S/C38H62F2N6O12/c1-19(2)32(46-35(55)24(13-15-30(49)50)42-37(57)27(18-31(51)52)41-21(5)6)38(58)43-23(12-14-29(47)48)34(54)45-26(16-22-10-8-7-9-11-22)36(56)44-25(17-28(39)40)33(53)20(3)4/h19-28,32,41H,7-18H2,1-6H3,(H,42,57)(H,43,58)(H,44,56)(H,45,54)(H,46,55)(H,47,48)(H,49,50)(H,51,52)/t23-,24-,25?,26-,27-,32-/m0/s1. The van der Waals surface area contributed by atoms with Gasteiger partial charge in [0.25, 0.3) is 0 Å². The van der Waals surface area contributed by atoms with Crippen LogP contribution in [-0.4, -0.2) is 117 Å². The fourth-order valence-corrected chi connectivity index (χ4v) is 6.56. The maximum absolute atomic E-state index is 13.8. The van der Waals surface area contributed by atoms with Gasteiger partial charge in [0.05, 0.1) is 18.5 Å². The molecule has 0 spiro atoms. The summed E-state index contributed by atoms with van der Waals surface area (Å²) in [6.07, 6.45) is -2.53. The molecule has 330 valence electrons. The smallest absolute Gasteiger partial charge is 0.305 e. The second-order valence-electron chi connectivity index (χ2n) is 15.7. The van der Waals surface area contributed by atoms with Crippen LogP contribution in [0.4, 0.5) is 8.78 Å². The lowest BCUT2D eigenvalue weighted by atomic mass is 9.84. The van der Waals surface area contributed by atoms with Crippen molar-refractivity contribution in [1.82, 2.24) is 31.9 Å². The van der Waals surface area contributed by atoms with Gasteiger partial charge in [-0.05, 0) is 31.1 Å². The van der Waals surface area contributed by atoms with Crippen molar-refractivity contribution < 1.29 is 67.3 Å². The lowest BCUT2D eigenvalue weighted by Crippen LogP contribution is -2.60. The van der Waals surface area contributed by atoms with Crippen LogP contribution in [0.1, 0.15) is 119 Å². The largest absolute Gasteiger partial charge is 0.481 e. The second-order valence-corrected chi connectivity index (χ2v) is 15.7. The highest BCUT2D eigenvalue weighted by atomic mass is 19.3. The SMILES string of the molecule is CC(C)N[C@@H](CC(=O)O)C(=O)N[C@@H](CCC(=O)O)C(=O)N[C@H](C(=O)N[C@@H](CCC(=O)O)C(=O)N[C@@H](CC1CCCCC1)C(=O)NC(CC(F)F)C(=O)C(C)C)C(C)C. The van der Waals surface area contributed by atoms with Gasteiger partial charge in [-0.2, -0.15) is 0 Å². The van der Waals surface area contributed by atoms with E-state index in [0.717, 1.165) is 19.3 Å². The fourth-order valence-electron chi connectivity index (χ4n) is 6.56. The summed E-state index contributed by atoms with van der Waals surface area (Å²) >= 11 is 0. The topological polar surface area (TPSA) is 286 Å².